The Bertz CT molecular complexity index is 876. The van der Waals surface area contributed by atoms with Gasteiger partial charge in [-0.05, 0) is 38.0 Å². The molecule has 0 bridgehead atoms. The highest BCUT2D eigenvalue weighted by atomic mass is 16.7. The van der Waals surface area contributed by atoms with Gasteiger partial charge < -0.3 is 19.3 Å². The molecule has 0 N–H and O–H groups in total. The topological polar surface area (TPSA) is 82.9 Å². The van der Waals surface area contributed by atoms with E-state index in [0.29, 0.717) is 24.5 Å². The summed E-state index contributed by atoms with van der Waals surface area (Å²) in [5.74, 6) is 0.946. The minimum absolute atomic E-state index is 0.133. The van der Waals surface area contributed by atoms with Gasteiger partial charge in [-0.1, -0.05) is 12.1 Å². The first kappa shape index (κ1) is 17.4. The van der Waals surface area contributed by atoms with Crippen LogP contribution in [0.5, 0.6) is 11.5 Å². The fourth-order valence-electron chi connectivity index (χ4n) is 4.42. The Hall–Kier alpha value is -3.01. The Morgan fingerprint density at radius 2 is 2.07 bits per heavy atom. The molecule has 4 atom stereocenters. The van der Waals surface area contributed by atoms with Crippen LogP contribution in [0.3, 0.4) is 0 Å². The molecule has 0 saturated carbocycles. The maximum Gasteiger partial charge on any atom is 0.246 e. The molecule has 7 nitrogen and oxygen atoms in total. The van der Waals surface area contributed by atoms with Crippen LogP contribution in [-0.4, -0.2) is 47.0 Å². The molecule has 0 aromatic heterocycles. The van der Waals surface area contributed by atoms with Gasteiger partial charge in [0.2, 0.25) is 18.6 Å². The summed E-state index contributed by atoms with van der Waals surface area (Å²) >= 11 is 0. The molecule has 0 spiro atoms. The van der Waals surface area contributed by atoms with Gasteiger partial charge in [0.1, 0.15) is 12.1 Å². The molecule has 0 aliphatic carbocycles. The zero-order valence-electron chi connectivity index (χ0n) is 15.3. The molecule has 1 aromatic rings. The second kappa shape index (κ2) is 6.02. The number of piperazine rings is 1. The van der Waals surface area contributed by atoms with Crippen LogP contribution in [0.15, 0.2) is 30.9 Å². The molecular weight excluding hydrogens is 346 g/mol. The third-order valence-corrected chi connectivity index (χ3v) is 5.78. The van der Waals surface area contributed by atoms with E-state index < -0.39 is 23.5 Å². The van der Waals surface area contributed by atoms with E-state index in [1.165, 1.54) is 4.90 Å². The summed E-state index contributed by atoms with van der Waals surface area (Å²) in [5.41, 5.74) is -0.107. The van der Waals surface area contributed by atoms with Gasteiger partial charge in [0.15, 0.2) is 11.5 Å². The van der Waals surface area contributed by atoms with Gasteiger partial charge in [0, 0.05) is 6.54 Å². The quantitative estimate of drug-likeness (QED) is 0.763. The van der Waals surface area contributed by atoms with Crippen LogP contribution in [0.2, 0.25) is 0 Å². The minimum atomic E-state index is -0.881. The minimum Gasteiger partial charge on any atom is -0.454 e. The van der Waals surface area contributed by atoms with Gasteiger partial charge in [-0.15, -0.1) is 6.58 Å². The average Bonchev–Trinajstić information content (AvgIpc) is 3.25. The van der Waals surface area contributed by atoms with Gasteiger partial charge in [-0.3, -0.25) is 9.59 Å². The largest absolute Gasteiger partial charge is 0.454 e. The van der Waals surface area contributed by atoms with Gasteiger partial charge in [0.05, 0.1) is 17.5 Å². The number of nitrogens with zero attached hydrogens (tertiary/aromatic N) is 3. The second-order valence-electron chi connectivity index (χ2n) is 7.47. The Morgan fingerprint density at radius 1 is 1.33 bits per heavy atom. The summed E-state index contributed by atoms with van der Waals surface area (Å²) in [4.78, 5) is 29.4. The van der Waals surface area contributed by atoms with Crippen LogP contribution in [0.1, 0.15) is 31.9 Å². The molecule has 140 valence electrons. The third kappa shape index (κ3) is 2.40. The maximum atomic E-state index is 13.2. The summed E-state index contributed by atoms with van der Waals surface area (Å²) in [6.45, 7) is 7.67. The number of fused-ring (bicyclic) bond motifs is 2. The van der Waals surface area contributed by atoms with E-state index in [0.717, 1.165) is 5.56 Å². The molecule has 3 aliphatic rings. The molecule has 1 aromatic carbocycles. The van der Waals surface area contributed by atoms with Crippen molar-refractivity contribution in [3.05, 3.63) is 36.4 Å². The zero-order chi connectivity index (χ0) is 19.3. The summed E-state index contributed by atoms with van der Waals surface area (Å²) < 4.78 is 10.8. The molecule has 3 aliphatic heterocycles. The van der Waals surface area contributed by atoms with E-state index in [2.05, 4.69) is 12.6 Å². The van der Waals surface area contributed by atoms with E-state index in [1.54, 1.807) is 24.0 Å². The molecule has 2 fully saturated rings. The lowest BCUT2D eigenvalue weighted by Crippen LogP contribution is -2.62. The van der Waals surface area contributed by atoms with Crippen molar-refractivity contribution >= 4 is 11.8 Å². The second-order valence-corrected chi connectivity index (χ2v) is 7.47. The molecule has 2 saturated heterocycles. The first-order valence-corrected chi connectivity index (χ1v) is 8.95. The summed E-state index contributed by atoms with van der Waals surface area (Å²) in [7, 11) is 0. The summed E-state index contributed by atoms with van der Waals surface area (Å²) in [6.07, 6.45) is 1.92. The predicted octanol–water partition coefficient (Wildman–Crippen LogP) is 2.00. The number of benzene rings is 1. The normalized spacial score (nSPS) is 31.7. The van der Waals surface area contributed by atoms with Crippen molar-refractivity contribution in [3.63, 3.8) is 0 Å². The van der Waals surface area contributed by atoms with E-state index >= 15 is 0 Å². The molecule has 3 heterocycles. The smallest absolute Gasteiger partial charge is 0.246 e. The maximum absolute atomic E-state index is 13.2. The number of rotatable bonds is 3. The van der Waals surface area contributed by atoms with Crippen LogP contribution in [0.25, 0.3) is 0 Å². The van der Waals surface area contributed by atoms with E-state index in [9.17, 15) is 14.9 Å². The summed E-state index contributed by atoms with van der Waals surface area (Å²) in [6, 6.07) is 6.03. The van der Waals surface area contributed by atoms with Gasteiger partial charge in [-0.25, -0.2) is 0 Å². The van der Waals surface area contributed by atoms with Crippen LogP contribution >= 0.6 is 0 Å². The lowest BCUT2D eigenvalue weighted by atomic mass is 9.79. The van der Waals surface area contributed by atoms with E-state index in [-0.39, 0.29) is 18.6 Å². The highest BCUT2D eigenvalue weighted by Gasteiger charge is 2.59. The molecule has 27 heavy (non-hydrogen) atoms. The third-order valence-electron chi connectivity index (χ3n) is 5.78. The van der Waals surface area contributed by atoms with Crippen molar-refractivity contribution in [2.75, 3.05) is 13.3 Å². The zero-order valence-corrected chi connectivity index (χ0v) is 15.3. The van der Waals surface area contributed by atoms with Crippen LogP contribution in [-0.2, 0) is 9.59 Å². The predicted molar refractivity (Wildman–Crippen MR) is 95.6 cm³/mol. The number of hydrogen-bond donors (Lipinski definition) is 0. The van der Waals surface area contributed by atoms with Crippen molar-refractivity contribution in [2.45, 2.75) is 38.4 Å². The summed E-state index contributed by atoms with van der Waals surface area (Å²) in [5, 5.41) is 9.92. The first-order valence-electron chi connectivity index (χ1n) is 8.95. The Morgan fingerprint density at radius 3 is 2.78 bits per heavy atom. The standard InChI is InChI=1S/C20H21N3O4/c1-4-7-22-12(2)18(24)23-14(19(22)25)9-20(3,10-21)17(23)13-5-6-15-16(8-13)27-11-26-15/h4-6,8,12,14,17H,1,7,9,11H2,2-3H3/t12-,14+,17+,20-/m1/s1. The number of carbonyl (C=O) groups excluding carboxylic acids is 2. The molecule has 7 heteroatoms. The highest BCUT2D eigenvalue weighted by Crippen LogP contribution is 2.52. The van der Waals surface area contributed by atoms with Gasteiger partial charge in [0.25, 0.3) is 0 Å². The van der Waals surface area contributed by atoms with Gasteiger partial charge >= 0.3 is 0 Å². The fourth-order valence-corrected chi connectivity index (χ4v) is 4.42. The van der Waals surface area contributed by atoms with E-state index in [4.69, 9.17) is 9.47 Å². The van der Waals surface area contributed by atoms with Crippen LogP contribution in [0.4, 0.5) is 0 Å². The molecule has 4 rings (SSSR count). The SMILES string of the molecule is C=CCN1C(=O)[C@@H]2C[C@](C)(C#N)[C@H](c3ccc4c(c3)OCO4)N2C(=O)[C@H]1C. The lowest BCUT2D eigenvalue weighted by Gasteiger charge is -2.43. The Balaban J connectivity index is 1.79. The number of ether oxygens (including phenoxy) is 2. The van der Waals surface area contributed by atoms with E-state index in [1.807, 2.05) is 19.1 Å². The van der Waals surface area contributed by atoms with Crippen LogP contribution < -0.4 is 9.47 Å². The van der Waals surface area contributed by atoms with Crippen molar-refractivity contribution in [2.24, 2.45) is 5.41 Å². The fraction of sp³-hybridized carbons (Fsp3) is 0.450. The monoisotopic (exact) mass is 367 g/mol. The Kier molecular flexibility index (Phi) is 3.88. The number of hydrogen-bond acceptors (Lipinski definition) is 5. The number of nitriles is 1. The van der Waals surface area contributed by atoms with Crippen molar-refractivity contribution in [1.29, 1.82) is 5.26 Å². The average molecular weight is 367 g/mol. The highest BCUT2D eigenvalue weighted by molar-refractivity contribution is 5.98. The number of amides is 2. The number of carbonyl (C=O) groups is 2. The van der Waals surface area contributed by atoms with Crippen molar-refractivity contribution in [1.82, 2.24) is 9.80 Å². The van der Waals surface area contributed by atoms with Crippen molar-refractivity contribution in [3.8, 4) is 17.6 Å². The lowest BCUT2D eigenvalue weighted by molar-refractivity contribution is -0.160. The molecule has 2 amide bonds. The molecule has 0 radical (unpaired) electrons. The van der Waals surface area contributed by atoms with Gasteiger partial charge in [-0.2, -0.15) is 5.26 Å². The first-order chi connectivity index (χ1) is 12.9. The molecular formula is C20H21N3O4. The van der Waals surface area contributed by atoms with Crippen LogP contribution in [0, 0.1) is 16.7 Å². The van der Waals surface area contributed by atoms with Crippen molar-refractivity contribution < 1.29 is 19.1 Å². The molecule has 0 unspecified atom stereocenters. The Labute approximate surface area is 157 Å².